The van der Waals surface area contributed by atoms with Gasteiger partial charge in [-0.25, -0.2) is 4.39 Å². The molecule has 0 heterocycles. The van der Waals surface area contributed by atoms with E-state index in [4.69, 9.17) is 0 Å². The summed E-state index contributed by atoms with van der Waals surface area (Å²) in [7, 11) is 0. The van der Waals surface area contributed by atoms with Crippen LogP contribution in [0, 0.1) is 5.82 Å². The molecular weight excluding hydrogens is 321 g/mol. The standard InChI is InChI=1S/C16H17BrFNO/c1-11(12-5-4-6-13(17)9-12)19-10-16(20)14-7-2-3-8-15(14)18/h2-9,11,16,19-20H,10H2,1H3/t11-,16?/m1/s1. The van der Waals surface area contributed by atoms with E-state index in [1.807, 2.05) is 31.2 Å². The Morgan fingerprint density at radius 3 is 2.65 bits per heavy atom. The van der Waals surface area contributed by atoms with Crippen molar-refractivity contribution in [3.63, 3.8) is 0 Å². The first-order valence-electron chi connectivity index (χ1n) is 6.49. The SMILES string of the molecule is C[C@@H](NCC(O)c1ccccc1F)c1cccc(Br)c1. The Hall–Kier alpha value is -1.23. The van der Waals surface area contributed by atoms with Crippen LogP contribution >= 0.6 is 15.9 Å². The highest BCUT2D eigenvalue weighted by molar-refractivity contribution is 9.10. The predicted octanol–water partition coefficient (Wildman–Crippen LogP) is 3.97. The monoisotopic (exact) mass is 337 g/mol. The van der Waals surface area contributed by atoms with Crippen LogP contribution in [-0.2, 0) is 0 Å². The summed E-state index contributed by atoms with van der Waals surface area (Å²) < 4.78 is 14.6. The van der Waals surface area contributed by atoms with Gasteiger partial charge in [0.15, 0.2) is 0 Å². The van der Waals surface area contributed by atoms with Gasteiger partial charge >= 0.3 is 0 Å². The van der Waals surface area contributed by atoms with Gasteiger partial charge in [0.2, 0.25) is 0 Å². The van der Waals surface area contributed by atoms with Crippen molar-refractivity contribution in [2.75, 3.05) is 6.54 Å². The fourth-order valence-corrected chi connectivity index (χ4v) is 2.45. The second-order valence-corrected chi connectivity index (χ2v) is 5.64. The van der Waals surface area contributed by atoms with Crippen LogP contribution in [0.25, 0.3) is 0 Å². The number of aliphatic hydroxyl groups excluding tert-OH is 1. The molecule has 2 aromatic rings. The Bertz CT molecular complexity index is 576. The zero-order chi connectivity index (χ0) is 14.5. The molecule has 0 aromatic heterocycles. The van der Waals surface area contributed by atoms with E-state index in [1.165, 1.54) is 6.07 Å². The molecule has 2 rings (SSSR count). The Kier molecular flexibility index (Phi) is 5.29. The lowest BCUT2D eigenvalue weighted by molar-refractivity contribution is 0.166. The Morgan fingerprint density at radius 1 is 1.20 bits per heavy atom. The summed E-state index contributed by atoms with van der Waals surface area (Å²) >= 11 is 3.43. The van der Waals surface area contributed by atoms with Crippen molar-refractivity contribution >= 4 is 15.9 Å². The normalized spacial score (nSPS) is 14.0. The molecule has 2 aromatic carbocycles. The van der Waals surface area contributed by atoms with Crippen molar-refractivity contribution in [1.29, 1.82) is 0 Å². The quantitative estimate of drug-likeness (QED) is 0.865. The van der Waals surface area contributed by atoms with Crippen LogP contribution in [0.3, 0.4) is 0 Å². The molecule has 2 atom stereocenters. The molecule has 106 valence electrons. The maximum atomic E-state index is 13.5. The minimum Gasteiger partial charge on any atom is -0.387 e. The van der Waals surface area contributed by atoms with Gasteiger partial charge in [-0.3, -0.25) is 0 Å². The Morgan fingerprint density at radius 2 is 1.95 bits per heavy atom. The topological polar surface area (TPSA) is 32.3 Å². The van der Waals surface area contributed by atoms with Crippen molar-refractivity contribution in [1.82, 2.24) is 5.32 Å². The summed E-state index contributed by atoms with van der Waals surface area (Å²) in [6.07, 6.45) is -0.856. The van der Waals surface area contributed by atoms with Gasteiger partial charge in [0.05, 0.1) is 6.10 Å². The number of benzene rings is 2. The second kappa shape index (κ2) is 6.97. The van der Waals surface area contributed by atoms with E-state index in [2.05, 4.69) is 21.2 Å². The number of rotatable bonds is 5. The smallest absolute Gasteiger partial charge is 0.129 e. The van der Waals surface area contributed by atoms with Crippen LogP contribution in [0.15, 0.2) is 53.0 Å². The molecule has 20 heavy (non-hydrogen) atoms. The molecule has 0 aliphatic heterocycles. The number of hydrogen-bond acceptors (Lipinski definition) is 2. The lowest BCUT2D eigenvalue weighted by atomic mass is 10.1. The molecule has 0 saturated heterocycles. The maximum absolute atomic E-state index is 13.5. The van der Waals surface area contributed by atoms with Gasteiger partial charge in [-0.05, 0) is 30.7 Å². The molecule has 0 fully saturated rings. The highest BCUT2D eigenvalue weighted by atomic mass is 79.9. The molecule has 0 aliphatic carbocycles. The van der Waals surface area contributed by atoms with E-state index in [0.717, 1.165) is 10.0 Å². The highest BCUT2D eigenvalue weighted by Crippen LogP contribution is 2.20. The van der Waals surface area contributed by atoms with E-state index in [1.54, 1.807) is 18.2 Å². The summed E-state index contributed by atoms with van der Waals surface area (Å²) in [6, 6.07) is 14.3. The van der Waals surface area contributed by atoms with Crippen LogP contribution < -0.4 is 5.32 Å². The van der Waals surface area contributed by atoms with Gasteiger partial charge in [-0.15, -0.1) is 0 Å². The highest BCUT2D eigenvalue weighted by Gasteiger charge is 2.13. The molecule has 0 amide bonds. The number of nitrogens with one attached hydrogen (secondary N) is 1. The van der Waals surface area contributed by atoms with Gasteiger partial charge in [0, 0.05) is 22.6 Å². The van der Waals surface area contributed by atoms with Crippen molar-refractivity contribution in [2.24, 2.45) is 0 Å². The predicted molar refractivity (Wildman–Crippen MR) is 81.9 cm³/mol. The molecular formula is C16H17BrFNO. The summed E-state index contributed by atoms with van der Waals surface area (Å²) in [4.78, 5) is 0. The summed E-state index contributed by atoms with van der Waals surface area (Å²) in [5.74, 6) is -0.378. The number of hydrogen-bond donors (Lipinski definition) is 2. The molecule has 0 saturated carbocycles. The fourth-order valence-electron chi connectivity index (χ4n) is 2.04. The van der Waals surface area contributed by atoms with Crippen LogP contribution in [0.5, 0.6) is 0 Å². The lowest BCUT2D eigenvalue weighted by Gasteiger charge is -2.18. The number of halogens is 2. The van der Waals surface area contributed by atoms with Gasteiger partial charge < -0.3 is 10.4 Å². The van der Waals surface area contributed by atoms with E-state index in [-0.39, 0.29) is 11.9 Å². The minimum absolute atomic E-state index is 0.0777. The molecule has 0 spiro atoms. The summed E-state index contributed by atoms with van der Waals surface area (Å²) in [6.45, 7) is 2.31. The van der Waals surface area contributed by atoms with Crippen molar-refractivity contribution in [2.45, 2.75) is 19.1 Å². The van der Waals surface area contributed by atoms with E-state index in [0.29, 0.717) is 12.1 Å². The first-order valence-corrected chi connectivity index (χ1v) is 7.28. The third-order valence-corrected chi connectivity index (χ3v) is 3.72. The van der Waals surface area contributed by atoms with Gasteiger partial charge in [0.25, 0.3) is 0 Å². The Labute approximate surface area is 126 Å². The van der Waals surface area contributed by atoms with E-state index in [9.17, 15) is 9.50 Å². The maximum Gasteiger partial charge on any atom is 0.129 e. The van der Waals surface area contributed by atoms with Gasteiger partial charge in [-0.1, -0.05) is 46.3 Å². The zero-order valence-electron chi connectivity index (χ0n) is 11.2. The lowest BCUT2D eigenvalue weighted by Crippen LogP contribution is -2.25. The van der Waals surface area contributed by atoms with Crippen molar-refractivity contribution in [3.05, 3.63) is 69.9 Å². The van der Waals surface area contributed by atoms with E-state index < -0.39 is 6.10 Å². The van der Waals surface area contributed by atoms with Crippen molar-refractivity contribution in [3.8, 4) is 0 Å². The van der Waals surface area contributed by atoms with Crippen LogP contribution in [0.2, 0.25) is 0 Å². The fraction of sp³-hybridized carbons (Fsp3) is 0.250. The third kappa shape index (κ3) is 3.88. The molecule has 2 N–H and O–H groups in total. The number of aliphatic hydroxyl groups is 1. The van der Waals surface area contributed by atoms with Crippen LogP contribution in [-0.4, -0.2) is 11.7 Å². The summed E-state index contributed by atoms with van der Waals surface area (Å²) in [5.41, 5.74) is 1.43. The van der Waals surface area contributed by atoms with Crippen LogP contribution in [0.4, 0.5) is 4.39 Å². The van der Waals surface area contributed by atoms with E-state index >= 15 is 0 Å². The molecule has 2 nitrogen and oxygen atoms in total. The molecule has 0 aliphatic rings. The van der Waals surface area contributed by atoms with Gasteiger partial charge in [-0.2, -0.15) is 0 Å². The van der Waals surface area contributed by atoms with Crippen LogP contribution in [0.1, 0.15) is 30.2 Å². The second-order valence-electron chi connectivity index (χ2n) is 4.72. The first kappa shape index (κ1) is 15.2. The molecule has 1 unspecified atom stereocenters. The third-order valence-electron chi connectivity index (χ3n) is 3.23. The van der Waals surface area contributed by atoms with Gasteiger partial charge in [0.1, 0.15) is 5.82 Å². The summed E-state index contributed by atoms with van der Waals surface area (Å²) in [5, 5.41) is 13.3. The first-order chi connectivity index (χ1) is 9.58. The molecule has 0 radical (unpaired) electrons. The molecule has 4 heteroatoms. The average molecular weight is 338 g/mol. The van der Waals surface area contributed by atoms with Crippen molar-refractivity contribution < 1.29 is 9.50 Å². The Balaban J connectivity index is 1.97. The average Bonchev–Trinajstić information content (AvgIpc) is 2.45. The largest absolute Gasteiger partial charge is 0.387 e. The minimum atomic E-state index is -0.856. The zero-order valence-corrected chi connectivity index (χ0v) is 12.8. The molecule has 0 bridgehead atoms.